The zero-order chi connectivity index (χ0) is 15.0. The second-order valence-corrected chi connectivity index (χ2v) is 6.83. The van der Waals surface area contributed by atoms with Crippen LogP contribution in [-0.4, -0.2) is 31.9 Å². The van der Waals surface area contributed by atoms with Crippen molar-refractivity contribution in [2.75, 3.05) is 11.9 Å². The summed E-state index contributed by atoms with van der Waals surface area (Å²) in [6, 6.07) is 7.55. The fraction of sp³-hybridized carbons (Fsp3) is 0.286. The van der Waals surface area contributed by atoms with Crippen molar-refractivity contribution in [2.24, 2.45) is 0 Å². The van der Waals surface area contributed by atoms with Crippen LogP contribution in [0.3, 0.4) is 0 Å². The average Bonchev–Trinajstić information content (AvgIpc) is 2.94. The monoisotopic (exact) mass is 322 g/mol. The molecule has 110 valence electrons. The number of hydrogen-bond acceptors (Lipinski definition) is 5. The Kier molecular flexibility index (Phi) is 3.61. The summed E-state index contributed by atoms with van der Waals surface area (Å²) >= 11 is 7.33. The van der Waals surface area contributed by atoms with E-state index in [-0.39, 0.29) is 0 Å². The van der Waals surface area contributed by atoms with Crippen molar-refractivity contribution in [3.05, 3.63) is 35.5 Å². The molecular formula is C14H15ClN4OS. The first-order valence-corrected chi connectivity index (χ1v) is 7.69. The molecule has 2 heterocycles. The smallest absolute Gasteiger partial charge is 0.214 e. The van der Waals surface area contributed by atoms with Crippen LogP contribution < -0.4 is 5.32 Å². The van der Waals surface area contributed by atoms with E-state index in [4.69, 9.17) is 11.6 Å². The maximum atomic E-state index is 9.70. The highest BCUT2D eigenvalue weighted by molar-refractivity contribution is 7.20. The van der Waals surface area contributed by atoms with E-state index in [9.17, 15) is 5.11 Å². The number of nitrogens with one attached hydrogen (secondary N) is 1. The summed E-state index contributed by atoms with van der Waals surface area (Å²) in [7, 11) is 0. The third-order valence-electron chi connectivity index (χ3n) is 2.86. The Bertz CT molecular complexity index is 726. The van der Waals surface area contributed by atoms with Gasteiger partial charge >= 0.3 is 0 Å². The molecule has 5 nitrogen and oxygen atoms in total. The first kappa shape index (κ1) is 14.3. The highest BCUT2D eigenvalue weighted by Gasteiger charge is 2.14. The van der Waals surface area contributed by atoms with Gasteiger partial charge in [0.05, 0.1) is 17.5 Å². The summed E-state index contributed by atoms with van der Waals surface area (Å²) in [5.74, 6) is 0. The molecule has 3 aromatic rings. The third-order valence-corrected chi connectivity index (χ3v) is 3.99. The number of anilines is 1. The summed E-state index contributed by atoms with van der Waals surface area (Å²) in [6.45, 7) is 3.93. The minimum atomic E-state index is -0.776. The third kappa shape index (κ3) is 3.34. The molecule has 0 unspecified atom stereocenters. The van der Waals surface area contributed by atoms with E-state index >= 15 is 0 Å². The van der Waals surface area contributed by atoms with Gasteiger partial charge in [0.15, 0.2) is 0 Å². The summed E-state index contributed by atoms with van der Waals surface area (Å²) in [5, 5.41) is 18.7. The minimum absolute atomic E-state index is 0.438. The number of rotatable bonds is 4. The molecule has 21 heavy (non-hydrogen) atoms. The number of nitrogens with zero attached hydrogens (tertiary/aromatic N) is 3. The molecule has 1 aromatic carbocycles. The summed E-state index contributed by atoms with van der Waals surface area (Å²) in [4.78, 5) is 5.36. The first-order chi connectivity index (χ1) is 9.90. The number of hydrogen-bond donors (Lipinski definition) is 2. The fourth-order valence-corrected chi connectivity index (χ4v) is 2.73. The topological polar surface area (TPSA) is 62.5 Å². The van der Waals surface area contributed by atoms with Crippen molar-refractivity contribution in [1.29, 1.82) is 0 Å². The molecule has 0 atom stereocenters. The Morgan fingerprint density at radius 1 is 1.33 bits per heavy atom. The van der Waals surface area contributed by atoms with Crippen LogP contribution in [0.4, 0.5) is 5.13 Å². The van der Waals surface area contributed by atoms with Crippen LogP contribution in [0.2, 0.25) is 5.02 Å². The van der Waals surface area contributed by atoms with Gasteiger partial charge in [0.25, 0.3) is 0 Å². The Balaban J connectivity index is 1.82. The number of halogens is 1. The maximum absolute atomic E-state index is 9.70. The lowest BCUT2D eigenvalue weighted by atomic mass is 10.1. The van der Waals surface area contributed by atoms with E-state index in [2.05, 4.69) is 15.4 Å². The van der Waals surface area contributed by atoms with Gasteiger partial charge in [0.2, 0.25) is 10.1 Å². The molecule has 0 spiro atoms. The van der Waals surface area contributed by atoms with Gasteiger partial charge < -0.3 is 10.4 Å². The SMILES string of the molecule is CC(C)(O)CNc1nn2cc(-c3ccc(Cl)cc3)nc2s1. The van der Waals surface area contributed by atoms with Crippen LogP contribution >= 0.6 is 22.9 Å². The van der Waals surface area contributed by atoms with Gasteiger partial charge in [-0.05, 0) is 26.0 Å². The molecule has 3 rings (SSSR count). The second-order valence-electron chi connectivity index (χ2n) is 5.43. The van der Waals surface area contributed by atoms with Gasteiger partial charge in [-0.15, -0.1) is 5.10 Å². The predicted octanol–water partition coefficient (Wildman–Crippen LogP) is 3.29. The van der Waals surface area contributed by atoms with Gasteiger partial charge in [0.1, 0.15) is 0 Å². The molecular weight excluding hydrogens is 308 g/mol. The lowest BCUT2D eigenvalue weighted by Crippen LogP contribution is -2.29. The molecule has 0 amide bonds. The Morgan fingerprint density at radius 2 is 2.05 bits per heavy atom. The van der Waals surface area contributed by atoms with E-state index in [0.717, 1.165) is 21.3 Å². The number of aliphatic hydroxyl groups is 1. The number of imidazole rings is 1. The maximum Gasteiger partial charge on any atom is 0.214 e. The van der Waals surface area contributed by atoms with E-state index in [1.165, 1.54) is 11.3 Å². The molecule has 0 aliphatic heterocycles. The molecule has 0 fully saturated rings. The van der Waals surface area contributed by atoms with Crippen molar-refractivity contribution < 1.29 is 5.11 Å². The number of benzene rings is 1. The minimum Gasteiger partial charge on any atom is -0.389 e. The number of aromatic nitrogens is 3. The normalized spacial score (nSPS) is 12.0. The zero-order valence-electron chi connectivity index (χ0n) is 11.7. The van der Waals surface area contributed by atoms with Crippen LogP contribution in [0.15, 0.2) is 30.5 Å². The summed E-state index contributed by atoms with van der Waals surface area (Å²) in [6.07, 6.45) is 1.88. The second kappa shape index (κ2) is 5.29. The molecule has 0 saturated carbocycles. The molecule has 2 N–H and O–H groups in total. The van der Waals surface area contributed by atoms with Crippen molar-refractivity contribution in [3.8, 4) is 11.3 Å². The average molecular weight is 323 g/mol. The largest absolute Gasteiger partial charge is 0.389 e. The van der Waals surface area contributed by atoms with Crippen LogP contribution in [0.5, 0.6) is 0 Å². The fourth-order valence-electron chi connectivity index (χ4n) is 1.82. The molecule has 0 saturated heterocycles. The molecule has 0 aliphatic carbocycles. The van der Waals surface area contributed by atoms with E-state index < -0.39 is 5.60 Å². The summed E-state index contributed by atoms with van der Waals surface area (Å²) in [5.41, 5.74) is 1.09. The van der Waals surface area contributed by atoms with Crippen molar-refractivity contribution in [1.82, 2.24) is 14.6 Å². The predicted molar refractivity (Wildman–Crippen MR) is 86.1 cm³/mol. The van der Waals surface area contributed by atoms with E-state index in [1.807, 2.05) is 30.5 Å². The molecule has 0 bridgehead atoms. The van der Waals surface area contributed by atoms with Gasteiger partial charge in [-0.2, -0.15) is 0 Å². The highest BCUT2D eigenvalue weighted by Crippen LogP contribution is 2.25. The highest BCUT2D eigenvalue weighted by atomic mass is 35.5. The summed E-state index contributed by atoms with van der Waals surface area (Å²) < 4.78 is 1.74. The van der Waals surface area contributed by atoms with Gasteiger partial charge in [-0.25, -0.2) is 9.50 Å². The lowest BCUT2D eigenvalue weighted by molar-refractivity contribution is 0.0945. The van der Waals surface area contributed by atoms with Crippen LogP contribution in [0.25, 0.3) is 16.2 Å². The van der Waals surface area contributed by atoms with Crippen molar-refractivity contribution >= 4 is 33.0 Å². The molecule has 0 radical (unpaired) electrons. The standard InChI is InChI=1S/C14H15ClN4OS/c1-14(2,20)8-16-12-18-19-7-11(17-13(19)21-12)9-3-5-10(15)6-4-9/h3-7,20H,8H2,1-2H3,(H,16,18). The lowest BCUT2D eigenvalue weighted by Gasteiger charge is -2.16. The Hall–Kier alpha value is -1.63. The van der Waals surface area contributed by atoms with Crippen LogP contribution in [0, 0.1) is 0 Å². The molecule has 2 aromatic heterocycles. The molecule has 0 aliphatic rings. The van der Waals surface area contributed by atoms with E-state index in [1.54, 1.807) is 18.4 Å². The Labute approximate surface area is 131 Å². The van der Waals surface area contributed by atoms with Gasteiger partial charge in [0, 0.05) is 17.1 Å². The van der Waals surface area contributed by atoms with Crippen molar-refractivity contribution in [3.63, 3.8) is 0 Å². The number of fused-ring (bicyclic) bond motifs is 1. The van der Waals surface area contributed by atoms with Gasteiger partial charge in [-0.3, -0.25) is 0 Å². The van der Waals surface area contributed by atoms with Crippen LogP contribution in [-0.2, 0) is 0 Å². The van der Waals surface area contributed by atoms with Crippen LogP contribution in [0.1, 0.15) is 13.8 Å². The Morgan fingerprint density at radius 3 is 2.67 bits per heavy atom. The van der Waals surface area contributed by atoms with Crippen molar-refractivity contribution in [2.45, 2.75) is 19.4 Å². The van der Waals surface area contributed by atoms with E-state index in [0.29, 0.717) is 11.6 Å². The van der Waals surface area contributed by atoms with Gasteiger partial charge in [-0.1, -0.05) is 35.1 Å². The zero-order valence-corrected chi connectivity index (χ0v) is 13.2. The first-order valence-electron chi connectivity index (χ1n) is 6.49. The quantitative estimate of drug-likeness (QED) is 0.773. The molecule has 7 heteroatoms.